The highest BCUT2D eigenvalue weighted by Gasteiger charge is 2.45. The van der Waals surface area contributed by atoms with Crippen LogP contribution in [0.3, 0.4) is 0 Å². The van der Waals surface area contributed by atoms with Crippen molar-refractivity contribution in [2.45, 2.75) is 32.3 Å². The quantitative estimate of drug-likeness (QED) is 0.715. The number of nitriles is 1. The number of fused-ring (bicyclic) bond motifs is 2. The monoisotopic (exact) mass is 467 g/mol. The van der Waals surface area contributed by atoms with Crippen LogP contribution in [0, 0.1) is 36.0 Å². The molecule has 2 atom stereocenters. The minimum atomic E-state index is -0.0656. The van der Waals surface area contributed by atoms with E-state index in [-0.39, 0.29) is 23.9 Å². The Balaban J connectivity index is 1.31. The van der Waals surface area contributed by atoms with Gasteiger partial charge in [0.05, 0.1) is 41.1 Å². The molecule has 5 rings (SSSR count). The van der Waals surface area contributed by atoms with Gasteiger partial charge in [0.25, 0.3) is 0 Å². The van der Waals surface area contributed by atoms with Crippen molar-refractivity contribution in [3.63, 3.8) is 0 Å². The Bertz CT molecular complexity index is 1090. The Hall–Kier alpha value is -2.89. The first-order valence-electron chi connectivity index (χ1n) is 11.3. The predicted molar refractivity (Wildman–Crippen MR) is 122 cm³/mol. The molecule has 2 bridgehead atoms. The largest absolute Gasteiger partial charge is 0.473 e. The summed E-state index contributed by atoms with van der Waals surface area (Å²) in [6, 6.07) is 7.13. The van der Waals surface area contributed by atoms with Crippen molar-refractivity contribution in [3.05, 3.63) is 40.7 Å². The van der Waals surface area contributed by atoms with Crippen LogP contribution in [-0.4, -0.2) is 53.2 Å². The van der Waals surface area contributed by atoms with Crippen molar-refractivity contribution in [2.24, 2.45) is 17.8 Å². The van der Waals surface area contributed by atoms with E-state index >= 15 is 0 Å². The number of likely N-dealkylation sites (tertiary alicyclic amines) is 1. The number of anilines is 2. The molecule has 0 spiro atoms. The number of hydrogen-bond acceptors (Lipinski definition) is 7. The van der Waals surface area contributed by atoms with Gasteiger partial charge in [-0.3, -0.25) is 4.79 Å². The fraction of sp³-hybridized carbons (Fsp3) is 0.500. The minimum Gasteiger partial charge on any atom is -0.473 e. The van der Waals surface area contributed by atoms with Gasteiger partial charge in [-0.05, 0) is 38.0 Å². The second kappa shape index (κ2) is 9.16. The van der Waals surface area contributed by atoms with Gasteiger partial charge in [-0.15, -0.1) is 0 Å². The normalized spacial score (nSPS) is 24.5. The number of halogens is 1. The maximum atomic E-state index is 12.8. The summed E-state index contributed by atoms with van der Waals surface area (Å²) < 4.78 is 12.2. The number of carbonyl (C=O) groups is 1. The Morgan fingerprint density at radius 1 is 1.27 bits per heavy atom. The molecule has 1 aromatic heterocycles. The van der Waals surface area contributed by atoms with Crippen molar-refractivity contribution >= 4 is 29.0 Å². The van der Waals surface area contributed by atoms with Gasteiger partial charge < -0.3 is 19.7 Å². The molecule has 3 heterocycles. The Morgan fingerprint density at radius 2 is 2.03 bits per heavy atom. The van der Waals surface area contributed by atoms with Crippen LogP contribution in [0.15, 0.2) is 24.5 Å². The number of nitrogens with zero attached hydrogens (tertiary/aromatic N) is 4. The van der Waals surface area contributed by atoms with Crippen LogP contribution in [-0.2, 0) is 9.53 Å². The first kappa shape index (κ1) is 21.9. The average molecular weight is 468 g/mol. The topological polar surface area (TPSA) is 100 Å². The summed E-state index contributed by atoms with van der Waals surface area (Å²) in [5.74, 6) is 1.82. The highest BCUT2D eigenvalue weighted by atomic mass is 35.5. The molecule has 8 nitrogen and oxygen atoms in total. The molecule has 0 radical (unpaired) electrons. The molecule has 2 aromatic rings. The number of aromatic nitrogens is 2. The lowest BCUT2D eigenvalue weighted by Crippen LogP contribution is -2.59. The van der Waals surface area contributed by atoms with Gasteiger partial charge in [0, 0.05) is 30.8 Å². The van der Waals surface area contributed by atoms with E-state index in [0.717, 1.165) is 24.8 Å². The lowest BCUT2D eigenvalue weighted by Gasteiger charge is -2.47. The maximum Gasteiger partial charge on any atom is 0.225 e. The molecule has 2 unspecified atom stereocenters. The van der Waals surface area contributed by atoms with E-state index in [0.29, 0.717) is 60.2 Å². The second-order valence-electron chi connectivity index (χ2n) is 9.09. The molecule has 3 fully saturated rings. The molecular weight excluding hydrogens is 442 g/mol. The zero-order chi connectivity index (χ0) is 22.9. The minimum absolute atomic E-state index is 0.0656. The van der Waals surface area contributed by atoms with Gasteiger partial charge in [0.15, 0.2) is 0 Å². The number of rotatable bonds is 5. The third-order valence-electron chi connectivity index (χ3n) is 6.91. The molecule has 2 saturated heterocycles. The molecule has 1 N–H and O–H groups in total. The van der Waals surface area contributed by atoms with Crippen LogP contribution in [0.5, 0.6) is 5.88 Å². The molecule has 9 heteroatoms. The van der Waals surface area contributed by atoms with Crippen molar-refractivity contribution in [1.82, 2.24) is 14.9 Å². The fourth-order valence-corrected chi connectivity index (χ4v) is 5.03. The zero-order valence-electron chi connectivity index (χ0n) is 18.5. The standard InChI is InChI=1S/C24H26ClN5O3/c1-14-22(29-20-6-5-15(8-26)7-19(20)25)27-13-28-23(14)33-21-17-9-30(10-18(21)12-32-11-17)24(31)16-3-2-4-16/h5-7,13,16-18,21H,2-4,9-12H2,1H3,(H,27,28,29). The van der Waals surface area contributed by atoms with Crippen LogP contribution in [0.2, 0.25) is 5.02 Å². The summed E-state index contributed by atoms with van der Waals surface area (Å²) in [4.78, 5) is 23.6. The average Bonchev–Trinajstić information content (AvgIpc) is 2.76. The van der Waals surface area contributed by atoms with Crippen LogP contribution in [0.4, 0.5) is 11.5 Å². The lowest BCUT2D eigenvalue weighted by molar-refractivity contribution is -0.155. The number of ether oxygens (including phenoxy) is 2. The van der Waals surface area contributed by atoms with Gasteiger partial charge in [-0.25, -0.2) is 9.97 Å². The van der Waals surface area contributed by atoms with Crippen LogP contribution in [0.25, 0.3) is 0 Å². The third kappa shape index (κ3) is 4.35. The van der Waals surface area contributed by atoms with Crippen LogP contribution < -0.4 is 10.1 Å². The van der Waals surface area contributed by atoms with Gasteiger partial charge in [-0.1, -0.05) is 18.0 Å². The SMILES string of the molecule is Cc1c(Nc2ccc(C#N)cc2Cl)ncnc1OC1C2COCC1CN(C(=O)C1CCC1)C2. The Morgan fingerprint density at radius 3 is 2.67 bits per heavy atom. The van der Waals surface area contributed by atoms with E-state index in [4.69, 9.17) is 26.3 Å². The fourth-order valence-electron chi connectivity index (χ4n) is 4.81. The van der Waals surface area contributed by atoms with Crippen molar-refractivity contribution in [1.29, 1.82) is 5.26 Å². The summed E-state index contributed by atoms with van der Waals surface area (Å²) in [5, 5.41) is 12.7. The molecule has 33 heavy (non-hydrogen) atoms. The molecule has 1 amide bonds. The first-order valence-corrected chi connectivity index (χ1v) is 11.7. The second-order valence-corrected chi connectivity index (χ2v) is 9.50. The maximum absolute atomic E-state index is 12.8. The van der Waals surface area contributed by atoms with Crippen molar-refractivity contribution < 1.29 is 14.3 Å². The zero-order valence-corrected chi connectivity index (χ0v) is 19.2. The van der Waals surface area contributed by atoms with E-state index in [9.17, 15) is 4.79 Å². The Labute approximate surface area is 197 Å². The highest BCUT2D eigenvalue weighted by molar-refractivity contribution is 6.33. The van der Waals surface area contributed by atoms with Gasteiger partial charge in [-0.2, -0.15) is 5.26 Å². The molecule has 3 aliphatic rings. The van der Waals surface area contributed by atoms with E-state index in [2.05, 4.69) is 21.4 Å². The van der Waals surface area contributed by atoms with Crippen molar-refractivity contribution in [2.75, 3.05) is 31.6 Å². The highest BCUT2D eigenvalue weighted by Crippen LogP contribution is 2.36. The number of nitrogens with one attached hydrogen (secondary N) is 1. The number of hydrogen-bond donors (Lipinski definition) is 1. The summed E-state index contributed by atoms with van der Waals surface area (Å²) in [6.07, 6.45) is 4.58. The van der Waals surface area contributed by atoms with E-state index in [1.807, 2.05) is 11.8 Å². The third-order valence-corrected chi connectivity index (χ3v) is 7.22. The van der Waals surface area contributed by atoms with E-state index in [1.165, 1.54) is 6.33 Å². The van der Waals surface area contributed by atoms with Crippen molar-refractivity contribution in [3.8, 4) is 11.9 Å². The number of amides is 1. The summed E-state index contributed by atoms with van der Waals surface area (Å²) >= 11 is 6.31. The predicted octanol–water partition coefficient (Wildman–Crippen LogP) is 3.71. The summed E-state index contributed by atoms with van der Waals surface area (Å²) in [5.41, 5.74) is 1.91. The smallest absolute Gasteiger partial charge is 0.225 e. The van der Waals surface area contributed by atoms with E-state index < -0.39 is 0 Å². The molecule has 1 aliphatic carbocycles. The van der Waals surface area contributed by atoms with Gasteiger partial charge >= 0.3 is 0 Å². The lowest BCUT2D eigenvalue weighted by atomic mass is 9.80. The molecular formula is C24H26ClN5O3. The Kier molecular flexibility index (Phi) is 6.09. The molecule has 2 aliphatic heterocycles. The van der Waals surface area contributed by atoms with Crippen LogP contribution in [0.1, 0.15) is 30.4 Å². The van der Waals surface area contributed by atoms with E-state index in [1.54, 1.807) is 18.2 Å². The van der Waals surface area contributed by atoms with Gasteiger partial charge in [0.2, 0.25) is 11.8 Å². The number of benzene rings is 1. The number of carbonyl (C=O) groups excluding carboxylic acids is 1. The van der Waals surface area contributed by atoms with Gasteiger partial charge in [0.1, 0.15) is 18.2 Å². The molecule has 172 valence electrons. The van der Waals surface area contributed by atoms with Crippen LogP contribution >= 0.6 is 11.6 Å². The summed E-state index contributed by atoms with van der Waals surface area (Å²) in [7, 11) is 0. The number of piperidine rings is 1. The molecule has 1 aromatic carbocycles. The summed E-state index contributed by atoms with van der Waals surface area (Å²) in [6.45, 7) is 4.37. The first-order chi connectivity index (χ1) is 16.0. The molecule has 1 saturated carbocycles.